The maximum absolute atomic E-state index is 12.0. The molecule has 0 aromatic heterocycles. The van der Waals surface area contributed by atoms with Gasteiger partial charge >= 0.3 is 0 Å². The smallest absolute Gasteiger partial charge is 0.239 e. The van der Waals surface area contributed by atoms with Crippen LogP contribution in [0.1, 0.15) is 13.3 Å². The molecule has 0 saturated carbocycles. The van der Waals surface area contributed by atoms with Gasteiger partial charge in [0.25, 0.3) is 0 Å². The van der Waals surface area contributed by atoms with Crippen LogP contribution < -0.4 is 0 Å². The number of hydrogen-bond donors (Lipinski definition) is 0. The molecule has 1 saturated heterocycles. The van der Waals surface area contributed by atoms with Gasteiger partial charge in [-0.1, -0.05) is 0 Å². The minimum absolute atomic E-state index is 0.0269. The normalized spacial score (nSPS) is 24.5. The topological polar surface area (TPSA) is 26.8 Å². The molecule has 4 nitrogen and oxygen atoms in total. The van der Waals surface area contributed by atoms with E-state index in [9.17, 15) is 4.79 Å². The van der Waals surface area contributed by atoms with Crippen LogP contribution in [0.4, 0.5) is 0 Å². The van der Waals surface area contributed by atoms with Gasteiger partial charge in [0.15, 0.2) is 0 Å². The van der Waals surface area contributed by atoms with Crippen molar-refractivity contribution in [2.75, 3.05) is 41.3 Å². The largest absolute Gasteiger partial charge is 0.340 e. The molecule has 2 unspecified atom stereocenters. The van der Waals surface area contributed by atoms with E-state index in [0.29, 0.717) is 6.04 Å². The van der Waals surface area contributed by atoms with Crippen LogP contribution in [-0.4, -0.2) is 74.0 Å². The highest BCUT2D eigenvalue weighted by Crippen LogP contribution is 2.14. The predicted octanol–water partition coefficient (Wildman–Crippen LogP) is 0.0990. The Morgan fingerprint density at radius 3 is 2.40 bits per heavy atom. The fourth-order valence-electron chi connectivity index (χ4n) is 1.92. The molecule has 1 aliphatic rings. The van der Waals surface area contributed by atoms with E-state index >= 15 is 0 Å². The third-order valence-corrected chi connectivity index (χ3v) is 3.39. The fraction of sp³-hybridized carbons (Fsp3) is 0.909. The Labute approximate surface area is 92.8 Å². The van der Waals surface area contributed by atoms with Gasteiger partial charge < -0.3 is 9.80 Å². The first-order valence-electron chi connectivity index (χ1n) is 5.55. The average Bonchev–Trinajstić information content (AvgIpc) is 2.61. The summed E-state index contributed by atoms with van der Waals surface area (Å²) in [6.45, 7) is 4.05. The SMILES string of the molecule is CC(C(=O)N(C)C1CCN(C)C1)N(C)C. The van der Waals surface area contributed by atoms with E-state index in [1.165, 1.54) is 0 Å². The van der Waals surface area contributed by atoms with Crippen LogP contribution in [0, 0.1) is 0 Å². The van der Waals surface area contributed by atoms with E-state index < -0.39 is 0 Å². The van der Waals surface area contributed by atoms with Gasteiger partial charge in [-0.3, -0.25) is 9.69 Å². The number of carbonyl (C=O) groups is 1. The molecule has 1 heterocycles. The Morgan fingerprint density at radius 1 is 1.40 bits per heavy atom. The van der Waals surface area contributed by atoms with Gasteiger partial charge in [-0.15, -0.1) is 0 Å². The monoisotopic (exact) mass is 213 g/mol. The van der Waals surface area contributed by atoms with Crippen molar-refractivity contribution in [1.82, 2.24) is 14.7 Å². The van der Waals surface area contributed by atoms with E-state index in [0.717, 1.165) is 19.5 Å². The molecule has 88 valence electrons. The van der Waals surface area contributed by atoms with Crippen molar-refractivity contribution < 1.29 is 4.79 Å². The molecule has 0 aliphatic carbocycles. The quantitative estimate of drug-likeness (QED) is 0.665. The maximum atomic E-state index is 12.0. The highest BCUT2D eigenvalue weighted by molar-refractivity contribution is 5.81. The van der Waals surface area contributed by atoms with Crippen LogP contribution in [0.5, 0.6) is 0 Å². The summed E-state index contributed by atoms with van der Waals surface area (Å²) in [6.07, 6.45) is 1.10. The fourth-order valence-corrected chi connectivity index (χ4v) is 1.92. The van der Waals surface area contributed by atoms with E-state index in [4.69, 9.17) is 0 Å². The summed E-state index contributed by atoms with van der Waals surface area (Å²) < 4.78 is 0. The Bertz CT molecular complexity index is 230. The molecule has 0 aromatic rings. The molecule has 1 fully saturated rings. The number of amides is 1. The lowest BCUT2D eigenvalue weighted by Gasteiger charge is -2.29. The second kappa shape index (κ2) is 4.94. The molecule has 0 radical (unpaired) electrons. The van der Waals surface area contributed by atoms with Crippen LogP contribution in [-0.2, 0) is 4.79 Å². The van der Waals surface area contributed by atoms with Crippen LogP contribution in [0.2, 0.25) is 0 Å². The van der Waals surface area contributed by atoms with Crippen molar-refractivity contribution in [3.05, 3.63) is 0 Å². The second-order valence-electron chi connectivity index (χ2n) is 4.79. The molecule has 2 atom stereocenters. The Kier molecular flexibility index (Phi) is 4.11. The summed E-state index contributed by atoms with van der Waals surface area (Å²) in [5.74, 6) is 0.223. The zero-order valence-electron chi connectivity index (χ0n) is 10.5. The molecule has 0 spiro atoms. The molecular formula is C11H23N3O. The first kappa shape index (κ1) is 12.5. The van der Waals surface area contributed by atoms with Crippen LogP contribution in [0.3, 0.4) is 0 Å². The lowest BCUT2D eigenvalue weighted by molar-refractivity contribution is -0.136. The minimum Gasteiger partial charge on any atom is -0.340 e. The standard InChI is InChI=1S/C11H23N3O/c1-9(12(2)3)11(15)14(5)10-6-7-13(4)8-10/h9-10H,6-8H2,1-5H3. The molecule has 1 amide bonds. The first-order valence-corrected chi connectivity index (χ1v) is 5.55. The highest BCUT2D eigenvalue weighted by Gasteiger charge is 2.29. The van der Waals surface area contributed by atoms with Gasteiger partial charge in [0.2, 0.25) is 5.91 Å². The summed E-state index contributed by atoms with van der Waals surface area (Å²) in [5, 5.41) is 0. The van der Waals surface area contributed by atoms with Crippen LogP contribution >= 0.6 is 0 Å². The zero-order valence-corrected chi connectivity index (χ0v) is 10.5. The molecule has 0 bridgehead atoms. The predicted molar refractivity (Wildman–Crippen MR) is 61.8 cm³/mol. The number of carbonyl (C=O) groups excluding carboxylic acids is 1. The summed E-state index contributed by atoms with van der Waals surface area (Å²) in [7, 11) is 7.91. The number of hydrogen-bond acceptors (Lipinski definition) is 3. The zero-order chi connectivity index (χ0) is 11.6. The Balaban J connectivity index is 2.53. The summed E-state index contributed by atoms with van der Waals surface area (Å²) in [4.78, 5) is 18.2. The highest BCUT2D eigenvalue weighted by atomic mass is 16.2. The lowest BCUT2D eigenvalue weighted by Crippen LogP contribution is -2.47. The summed E-state index contributed by atoms with van der Waals surface area (Å²) in [5.41, 5.74) is 0. The third kappa shape index (κ3) is 2.92. The van der Waals surface area contributed by atoms with Gasteiger partial charge in [-0.2, -0.15) is 0 Å². The van der Waals surface area contributed by atoms with E-state index in [-0.39, 0.29) is 11.9 Å². The minimum atomic E-state index is -0.0269. The van der Waals surface area contributed by atoms with Gasteiger partial charge in [-0.05, 0) is 41.0 Å². The number of nitrogens with zero attached hydrogens (tertiary/aromatic N) is 3. The molecule has 4 heteroatoms. The van der Waals surface area contributed by atoms with E-state index in [1.54, 1.807) is 0 Å². The van der Waals surface area contributed by atoms with Gasteiger partial charge in [-0.25, -0.2) is 0 Å². The molecule has 1 rings (SSSR count). The van der Waals surface area contributed by atoms with Crippen molar-refractivity contribution >= 4 is 5.91 Å². The number of rotatable bonds is 3. The second-order valence-corrected chi connectivity index (χ2v) is 4.79. The van der Waals surface area contributed by atoms with Gasteiger partial charge in [0.1, 0.15) is 0 Å². The molecule has 0 N–H and O–H groups in total. The molecule has 15 heavy (non-hydrogen) atoms. The van der Waals surface area contributed by atoms with E-state index in [2.05, 4.69) is 11.9 Å². The first-order chi connectivity index (χ1) is 6.93. The lowest BCUT2D eigenvalue weighted by atomic mass is 10.2. The average molecular weight is 213 g/mol. The summed E-state index contributed by atoms with van der Waals surface area (Å²) >= 11 is 0. The molecule has 1 aliphatic heterocycles. The third-order valence-electron chi connectivity index (χ3n) is 3.39. The van der Waals surface area contributed by atoms with Crippen LogP contribution in [0.25, 0.3) is 0 Å². The van der Waals surface area contributed by atoms with Crippen molar-refractivity contribution in [3.8, 4) is 0 Å². The van der Waals surface area contributed by atoms with Gasteiger partial charge in [0.05, 0.1) is 6.04 Å². The van der Waals surface area contributed by atoms with Gasteiger partial charge in [0, 0.05) is 19.6 Å². The van der Waals surface area contributed by atoms with Crippen molar-refractivity contribution in [2.24, 2.45) is 0 Å². The number of likely N-dealkylation sites (tertiary alicyclic amines) is 1. The van der Waals surface area contributed by atoms with E-state index in [1.807, 2.05) is 37.9 Å². The van der Waals surface area contributed by atoms with Crippen LogP contribution in [0.15, 0.2) is 0 Å². The molecular weight excluding hydrogens is 190 g/mol. The van der Waals surface area contributed by atoms with Crippen molar-refractivity contribution in [2.45, 2.75) is 25.4 Å². The molecule has 0 aromatic carbocycles. The summed E-state index contributed by atoms with van der Waals surface area (Å²) in [6, 6.07) is 0.366. The van der Waals surface area contributed by atoms with Crippen molar-refractivity contribution in [1.29, 1.82) is 0 Å². The maximum Gasteiger partial charge on any atom is 0.239 e. The Morgan fingerprint density at radius 2 is 2.00 bits per heavy atom. The Hall–Kier alpha value is -0.610. The van der Waals surface area contributed by atoms with Crippen molar-refractivity contribution in [3.63, 3.8) is 0 Å². The number of likely N-dealkylation sites (N-methyl/N-ethyl adjacent to an activating group) is 3.